The zero-order chi connectivity index (χ0) is 19.2. The number of sulfone groups is 1. The van der Waals surface area contributed by atoms with Crippen LogP contribution in [0.3, 0.4) is 0 Å². The summed E-state index contributed by atoms with van der Waals surface area (Å²) in [5, 5.41) is 0. The Morgan fingerprint density at radius 1 is 1.22 bits per heavy atom. The third-order valence-corrected chi connectivity index (χ3v) is 7.56. The molecule has 0 spiro atoms. The van der Waals surface area contributed by atoms with Crippen LogP contribution in [0.4, 0.5) is 0 Å². The summed E-state index contributed by atoms with van der Waals surface area (Å²) < 4.78 is 25.7. The first-order valence-corrected chi connectivity index (χ1v) is 11.4. The van der Waals surface area contributed by atoms with Crippen molar-refractivity contribution >= 4 is 26.8 Å². The fourth-order valence-electron chi connectivity index (χ4n) is 4.44. The highest BCUT2D eigenvalue weighted by molar-refractivity contribution is 7.91. The van der Waals surface area contributed by atoms with E-state index in [4.69, 9.17) is 0 Å². The monoisotopic (exact) mass is 391 g/mol. The van der Waals surface area contributed by atoms with Crippen molar-refractivity contribution in [2.75, 3.05) is 24.6 Å². The van der Waals surface area contributed by atoms with Gasteiger partial charge in [0.1, 0.15) is 0 Å². The van der Waals surface area contributed by atoms with Gasteiger partial charge in [-0.15, -0.1) is 0 Å². The van der Waals surface area contributed by atoms with E-state index in [1.807, 2.05) is 17.6 Å². The van der Waals surface area contributed by atoms with Gasteiger partial charge in [-0.1, -0.05) is 19.8 Å². The van der Waals surface area contributed by atoms with Gasteiger partial charge < -0.3 is 9.88 Å². The lowest BCUT2D eigenvalue weighted by molar-refractivity contribution is 0.0751. The predicted octanol–water partition coefficient (Wildman–Crippen LogP) is 1.95. The van der Waals surface area contributed by atoms with Gasteiger partial charge in [0.15, 0.2) is 9.84 Å². The summed E-state index contributed by atoms with van der Waals surface area (Å²) in [6, 6.07) is 5.52. The highest BCUT2D eigenvalue weighted by Crippen LogP contribution is 2.31. The number of H-pyrrole nitrogens is 1. The minimum absolute atomic E-state index is 0.000213. The van der Waals surface area contributed by atoms with E-state index in [0.717, 1.165) is 31.2 Å². The van der Waals surface area contributed by atoms with Crippen molar-refractivity contribution in [1.82, 2.24) is 14.5 Å². The zero-order valence-electron chi connectivity index (χ0n) is 15.5. The molecule has 146 valence electrons. The summed E-state index contributed by atoms with van der Waals surface area (Å²) in [6.45, 7) is 2.49. The van der Waals surface area contributed by atoms with Gasteiger partial charge in [0.25, 0.3) is 5.91 Å². The number of nitrogens with one attached hydrogen (secondary N) is 1. The smallest absolute Gasteiger partial charge is 0.326 e. The van der Waals surface area contributed by atoms with Crippen LogP contribution in [-0.2, 0) is 9.84 Å². The second-order valence-corrected chi connectivity index (χ2v) is 10.2. The predicted molar refractivity (Wildman–Crippen MR) is 104 cm³/mol. The van der Waals surface area contributed by atoms with Crippen molar-refractivity contribution in [3.8, 4) is 0 Å². The quantitative estimate of drug-likeness (QED) is 0.847. The average Bonchev–Trinajstić information content (AvgIpc) is 3.19. The van der Waals surface area contributed by atoms with Gasteiger partial charge in [-0.3, -0.25) is 9.36 Å². The molecule has 0 bridgehead atoms. The van der Waals surface area contributed by atoms with E-state index in [9.17, 15) is 18.0 Å². The van der Waals surface area contributed by atoms with Crippen LogP contribution in [0.25, 0.3) is 11.0 Å². The van der Waals surface area contributed by atoms with Gasteiger partial charge in [-0.05, 0) is 37.0 Å². The first-order valence-electron chi connectivity index (χ1n) is 9.58. The Morgan fingerprint density at radius 2 is 1.96 bits per heavy atom. The van der Waals surface area contributed by atoms with E-state index in [-0.39, 0.29) is 41.6 Å². The molecule has 2 aromatic rings. The Labute approximate surface area is 158 Å². The molecule has 2 fully saturated rings. The summed E-state index contributed by atoms with van der Waals surface area (Å²) in [5.41, 5.74) is 1.84. The third kappa shape index (κ3) is 3.54. The van der Waals surface area contributed by atoms with E-state index in [1.54, 1.807) is 17.0 Å². The van der Waals surface area contributed by atoms with Crippen molar-refractivity contribution < 1.29 is 13.2 Å². The third-order valence-electron chi connectivity index (χ3n) is 5.68. The van der Waals surface area contributed by atoms with E-state index in [0.29, 0.717) is 17.6 Å². The number of hydrogen-bond acceptors (Lipinski definition) is 4. The number of imidazole rings is 1. The summed E-state index contributed by atoms with van der Waals surface area (Å²) in [5.74, 6) is -0.156. The summed E-state index contributed by atoms with van der Waals surface area (Å²) in [7, 11) is -3.11. The SMILES string of the molecule is CC1CN(C(=O)c2ccc3c(c2)[nH]c(=O)n3C2CCCC2)CCS(=O)(=O)C1. The number of aromatic nitrogens is 2. The van der Waals surface area contributed by atoms with Gasteiger partial charge in [0.05, 0.1) is 22.5 Å². The Kier molecular flexibility index (Phi) is 4.61. The van der Waals surface area contributed by atoms with Crippen molar-refractivity contribution in [3.63, 3.8) is 0 Å². The molecule has 1 saturated carbocycles. The van der Waals surface area contributed by atoms with Crippen molar-refractivity contribution in [3.05, 3.63) is 34.2 Å². The molecule has 2 aliphatic rings. The molecule has 4 rings (SSSR count). The number of benzene rings is 1. The second-order valence-electron chi connectivity index (χ2n) is 7.94. The lowest BCUT2D eigenvalue weighted by Gasteiger charge is -2.22. The minimum atomic E-state index is -3.11. The molecule has 2 heterocycles. The number of carbonyl (C=O) groups excluding carboxylic acids is 1. The Hall–Kier alpha value is -2.09. The Balaban J connectivity index is 1.64. The average molecular weight is 391 g/mol. The number of nitrogens with zero attached hydrogens (tertiary/aromatic N) is 2. The molecule has 7 nitrogen and oxygen atoms in total. The Morgan fingerprint density at radius 3 is 2.70 bits per heavy atom. The zero-order valence-corrected chi connectivity index (χ0v) is 16.3. The largest absolute Gasteiger partial charge is 0.337 e. The molecular weight excluding hydrogens is 366 g/mol. The molecule has 1 atom stereocenters. The van der Waals surface area contributed by atoms with Crippen LogP contribution < -0.4 is 5.69 Å². The first kappa shape index (κ1) is 18.3. The summed E-state index contributed by atoms with van der Waals surface area (Å²) >= 11 is 0. The summed E-state index contributed by atoms with van der Waals surface area (Å²) in [6.07, 6.45) is 4.29. The van der Waals surface area contributed by atoms with Gasteiger partial charge >= 0.3 is 5.69 Å². The molecule has 1 aliphatic carbocycles. The number of rotatable bonds is 2. The van der Waals surface area contributed by atoms with E-state index in [1.165, 1.54) is 0 Å². The van der Waals surface area contributed by atoms with Gasteiger partial charge in [-0.25, -0.2) is 13.2 Å². The molecular formula is C19H25N3O4S. The molecule has 8 heteroatoms. The fraction of sp³-hybridized carbons (Fsp3) is 0.579. The molecule has 1 saturated heterocycles. The first-order chi connectivity index (χ1) is 12.8. The number of carbonyl (C=O) groups is 1. The molecule has 1 amide bonds. The number of hydrogen-bond donors (Lipinski definition) is 1. The van der Waals surface area contributed by atoms with Crippen molar-refractivity contribution in [2.45, 2.75) is 38.6 Å². The standard InChI is InChI=1S/C19H25N3O4S/c1-13-11-21(8-9-27(25,26)12-13)18(23)14-6-7-17-16(10-14)20-19(24)22(17)15-4-2-3-5-15/h6-7,10,13,15H,2-5,8-9,11-12H2,1H3,(H,20,24). The van der Waals surface area contributed by atoms with Crippen LogP contribution in [-0.4, -0.2) is 53.4 Å². The fourth-order valence-corrected chi connectivity index (χ4v) is 6.08. The highest BCUT2D eigenvalue weighted by Gasteiger charge is 2.28. The van der Waals surface area contributed by atoms with Crippen LogP contribution >= 0.6 is 0 Å². The maximum Gasteiger partial charge on any atom is 0.326 e. The van der Waals surface area contributed by atoms with E-state index in [2.05, 4.69) is 4.98 Å². The number of aromatic amines is 1. The minimum Gasteiger partial charge on any atom is -0.337 e. The van der Waals surface area contributed by atoms with Gasteiger partial charge in [-0.2, -0.15) is 0 Å². The molecule has 1 aliphatic heterocycles. The van der Waals surface area contributed by atoms with Crippen molar-refractivity contribution in [1.29, 1.82) is 0 Å². The lowest BCUT2D eigenvalue weighted by atomic mass is 10.1. The maximum atomic E-state index is 12.9. The normalized spacial score (nSPS) is 23.6. The number of fused-ring (bicyclic) bond motifs is 1. The van der Waals surface area contributed by atoms with Gasteiger partial charge in [0, 0.05) is 24.7 Å². The maximum absolute atomic E-state index is 12.9. The van der Waals surface area contributed by atoms with Crippen LogP contribution in [0.1, 0.15) is 49.0 Å². The van der Waals surface area contributed by atoms with Crippen LogP contribution in [0, 0.1) is 5.92 Å². The number of amides is 1. The van der Waals surface area contributed by atoms with Crippen LogP contribution in [0.15, 0.2) is 23.0 Å². The molecule has 1 aromatic heterocycles. The van der Waals surface area contributed by atoms with Crippen LogP contribution in [0.5, 0.6) is 0 Å². The van der Waals surface area contributed by atoms with E-state index < -0.39 is 9.84 Å². The topological polar surface area (TPSA) is 92.2 Å². The highest BCUT2D eigenvalue weighted by atomic mass is 32.2. The summed E-state index contributed by atoms with van der Waals surface area (Å²) in [4.78, 5) is 29.8. The molecule has 1 N–H and O–H groups in total. The molecule has 0 radical (unpaired) electrons. The molecule has 1 unspecified atom stereocenters. The van der Waals surface area contributed by atoms with Gasteiger partial charge in [0.2, 0.25) is 0 Å². The Bertz CT molecular complexity index is 1030. The second kappa shape index (κ2) is 6.82. The van der Waals surface area contributed by atoms with E-state index >= 15 is 0 Å². The lowest BCUT2D eigenvalue weighted by Crippen LogP contribution is -2.35. The van der Waals surface area contributed by atoms with Crippen LogP contribution in [0.2, 0.25) is 0 Å². The van der Waals surface area contributed by atoms with Crippen molar-refractivity contribution in [2.24, 2.45) is 5.92 Å². The molecule has 27 heavy (non-hydrogen) atoms. The molecule has 1 aromatic carbocycles.